The molecule has 0 amide bonds. The molecule has 0 fully saturated rings. The normalized spacial score (nSPS) is 13.6. The van der Waals surface area contributed by atoms with Crippen LogP contribution in [0.5, 0.6) is 5.75 Å². The number of carbonyl (C=O) groups is 2. The third-order valence-electron chi connectivity index (χ3n) is 4.20. The number of unbranched alkanes of at least 4 members (excludes halogenated alkanes) is 2. The van der Waals surface area contributed by atoms with Gasteiger partial charge in [-0.05, 0) is 30.7 Å². The minimum Gasteiger partial charge on any atom is -0.494 e. The highest BCUT2D eigenvalue weighted by Gasteiger charge is 2.31. The molecule has 1 aliphatic rings. The molecule has 0 unspecified atom stereocenters. The number of hydrogen-bond donors (Lipinski definition) is 1. The van der Waals surface area contributed by atoms with Crippen molar-refractivity contribution in [2.45, 2.75) is 26.2 Å². The van der Waals surface area contributed by atoms with E-state index in [0.29, 0.717) is 23.4 Å². The molecule has 1 N–H and O–H groups in total. The summed E-state index contributed by atoms with van der Waals surface area (Å²) in [5.41, 5.74) is 1.47. The van der Waals surface area contributed by atoms with Gasteiger partial charge in [0.15, 0.2) is 0 Å². The minimum absolute atomic E-state index is 0.0893. The fourth-order valence-electron chi connectivity index (χ4n) is 2.78. The monoisotopic (exact) mass is 369 g/mol. The summed E-state index contributed by atoms with van der Waals surface area (Å²) in [6, 6.07) is 13.9. The second kappa shape index (κ2) is 8.19. The van der Waals surface area contributed by atoms with E-state index in [0.717, 1.165) is 25.0 Å². The standard InChI is InChI=1S/C21H20ClNO3/c1-2-3-6-13-26-15-11-9-14(10-12-15)23-19-18(22)20(24)16-7-4-5-8-17(16)21(19)25/h4-5,7-12,23H,2-3,6,13H2,1H3. The average Bonchev–Trinajstić information content (AvgIpc) is 2.68. The van der Waals surface area contributed by atoms with Gasteiger partial charge in [-0.15, -0.1) is 0 Å². The first-order chi connectivity index (χ1) is 12.6. The van der Waals surface area contributed by atoms with Crippen molar-refractivity contribution >= 4 is 28.9 Å². The van der Waals surface area contributed by atoms with Crippen molar-refractivity contribution in [3.05, 3.63) is 70.4 Å². The van der Waals surface area contributed by atoms with Gasteiger partial charge >= 0.3 is 0 Å². The van der Waals surface area contributed by atoms with E-state index >= 15 is 0 Å². The number of benzene rings is 2. The number of carbonyl (C=O) groups excluding carboxylic acids is 2. The van der Waals surface area contributed by atoms with E-state index in [9.17, 15) is 9.59 Å². The zero-order chi connectivity index (χ0) is 18.5. The summed E-state index contributed by atoms with van der Waals surface area (Å²) < 4.78 is 5.67. The molecule has 0 saturated carbocycles. The van der Waals surface area contributed by atoms with E-state index in [1.807, 2.05) is 12.1 Å². The van der Waals surface area contributed by atoms with Crippen molar-refractivity contribution in [2.75, 3.05) is 11.9 Å². The second-order valence-corrected chi connectivity index (χ2v) is 6.48. The summed E-state index contributed by atoms with van der Waals surface area (Å²) in [6.07, 6.45) is 3.32. The fraction of sp³-hybridized carbons (Fsp3) is 0.238. The molecule has 2 aromatic rings. The van der Waals surface area contributed by atoms with Gasteiger partial charge in [0.05, 0.1) is 6.61 Å². The van der Waals surface area contributed by atoms with Gasteiger partial charge in [-0.1, -0.05) is 55.6 Å². The molecule has 2 aromatic carbocycles. The maximum absolute atomic E-state index is 12.7. The van der Waals surface area contributed by atoms with Crippen molar-refractivity contribution in [1.82, 2.24) is 0 Å². The number of fused-ring (bicyclic) bond motifs is 1. The van der Waals surface area contributed by atoms with Crippen LogP contribution in [0.4, 0.5) is 5.69 Å². The molecule has 4 nitrogen and oxygen atoms in total. The van der Waals surface area contributed by atoms with Crippen LogP contribution in [0.1, 0.15) is 46.9 Å². The van der Waals surface area contributed by atoms with Crippen molar-refractivity contribution in [3.63, 3.8) is 0 Å². The van der Waals surface area contributed by atoms with Gasteiger partial charge in [0.25, 0.3) is 0 Å². The molecule has 0 aromatic heterocycles. The van der Waals surface area contributed by atoms with Gasteiger partial charge in [-0.2, -0.15) is 0 Å². The molecule has 0 saturated heterocycles. The quantitative estimate of drug-likeness (QED) is 0.682. The van der Waals surface area contributed by atoms with Crippen molar-refractivity contribution in [3.8, 4) is 5.75 Å². The van der Waals surface area contributed by atoms with Gasteiger partial charge in [-0.3, -0.25) is 9.59 Å². The van der Waals surface area contributed by atoms with E-state index in [2.05, 4.69) is 12.2 Å². The minimum atomic E-state index is -0.347. The predicted octanol–water partition coefficient (Wildman–Crippen LogP) is 5.20. The summed E-state index contributed by atoms with van der Waals surface area (Å²) in [4.78, 5) is 25.1. The first kappa shape index (κ1) is 18.2. The third kappa shape index (κ3) is 3.81. The van der Waals surface area contributed by atoms with Crippen LogP contribution in [0.15, 0.2) is 59.3 Å². The maximum Gasteiger partial charge on any atom is 0.211 e. The number of allylic oxidation sites excluding steroid dienone is 2. The van der Waals surface area contributed by atoms with Gasteiger partial charge in [0, 0.05) is 16.8 Å². The lowest BCUT2D eigenvalue weighted by atomic mass is 9.92. The Morgan fingerprint density at radius 1 is 0.923 bits per heavy atom. The SMILES string of the molecule is CCCCCOc1ccc(NC2=C(Cl)C(=O)c3ccccc3C2=O)cc1. The fourth-order valence-corrected chi connectivity index (χ4v) is 3.01. The van der Waals surface area contributed by atoms with Crippen molar-refractivity contribution in [1.29, 1.82) is 0 Å². The number of anilines is 1. The molecule has 3 rings (SSSR count). The van der Waals surface area contributed by atoms with Crippen LogP contribution in [-0.4, -0.2) is 18.2 Å². The van der Waals surface area contributed by atoms with Crippen LogP contribution in [0, 0.1) is 0 Å². The molecule has 0 spiro atoms. The number of hydrogen-bond acceptors (Lipinski definition) is 4. The number of halogens is 1. The molecule has 5 heteroatoms. The van der Waals surface area contributed by atoms with E-state index in [1.54, 1.807) is 36.4 Å². The molecule has 1 aliphatic carbocycles. The molecular formula is C21H20ClNO3. The Labute approximate surface area is 157 Å². The van der Waals surface area contributed by atoms with Crippen LogP contribution in [0.2, 0.25) is 0 Å². The molecule has 26 heavy (non-hydrogen) atoms. The second-order valence-electron chi connectivity index (χ2n) is 6.10. The Morgan fingerprint density at radius 3 is 2.23 bits per heavy atom. The van der Waals surface area contributed by atoms with Gasteiger partial charge < -0.3 is 10.1 Å². The Balaban J connectivity index is 1.73. The van der Waals surface area contributed by atoms with Crippen LogP contribution in [0.25, 0.3) is 0 Å². The largest absolute Gasteiger partial charge is 0.494 e. The summed E-state index contributed by atoms with van der Waals surface area (Å²) >= 11 is 6.16. The molecular weight excluding hydrogens is 350 g/mol. The third-order valence-corrected chi connectivity index (χ3v) is 4.56. The molecule has 0 atom stereocenters. The molecule has 0 radical (unpaired) electrons. The lowest BCUT2D eigenvalue weighted by Gasteiger charge is -2.19. The first-order valence-electron chi connectivity index (χ1n) is 8.70. The maximum atomic E-state index is 12.7. The number of nitrogens with one attached hydrogen (secondary N) is 1. The Hall–Kier alpha value is -2.59. The van der Waals surface area contributed by atoms with Gasteiger partial charge in [-0.25, -0.2) is 0 Å². The molecule has 0 aliphatic heterocycles. The van der Waals surface area contributed by atoms with Crippen molar-refractivity contribution in [2.24, 2.45) is 0 Å². The van der Waals surface area contributed by atoms with Gasteiger partial charge in [0.2, 0.25) is 11.6 Å². The van der Waals surface area contributed by atoms with Crippen LogP contribution in [-0.2, 0) is 0 Å². The molecule has 0 heterocycles. The van der Waals surface area contributed by atoms with Gasteiger partial charge in [0.1, 0.15) is 16.5 Å². The lowest BCUT2D eigenvalue weighted by molar-refractivity contribution is 0.0982. The van der Waals surface area contributed by atoms with E-state index < -0.39 is 0 Å². The zero-order valence-corrected chi connectivity index (χ0v) is 15.3. The summed E-state index contributed by atoms with van der Waals surface area (Å²) in [5.74, 6) is 0.133. The number of rotatable bonds is 7. The highest BCUT2D eigenvalue weighted by molar-refractivity contribution is 6.50. The number of ether oxygens (including phenoxy) is 1. The Kier molecular flexibility index (Phi) is 5.74. The van der Waals surface area contributed by atoms with Crippen molar-refractivity contribution < 1.29 is 14.3 Å². The number of Topliss-reactive ketones (excluding diaryl/α,β-unsaturated/α-hetero) is 2. The topological polar surface area (TPSA) is 55.4 Å². The molecule has 134 valence electrons. The highest BCUT2D eigenvalue weighted by Crippen LogP contribution is 2.29. The Morgan fingerprint density at radius 2 is 1.58 bits per heavy atom. The van der Waals surface area contributed by atoms with Crippen LogP contribution < -0.4 is 10.1 Å². The number of ketones is 2. The van der Waals surface area contributed by atoms with E-state index in [4.69, 9.17) is 16.3 Å². The predicted molar refractivity (Wildman–Crippen MR) is 103 cm³/mol. The van der Waals surface area contributed by atoms with E-state index in [-0.39, 0.29) is 22.3 Å². The zero-order valence-electron chi connectivity index (χ0n) is 14.5. The smallest absolute Gasteiger partial charge is 0.211 e. The van der Waals surface area contributed by atoms with Crippen LogP contribution in [0.3, 0.4) is 0 Å². The summed E-state index contributed by atoms with van der Waals surface area (Å²) in [6.45, 7) is 2.83. The highest BCUT2D eigenvalue weighted by atomic mass is 35.5. The lowest BCUT2D eigenvalue weighted by Crippen LogP contribution is -2.24. The average molecular weight is 370 g/mol. The molecule has 0 bridgehead atoms. The summed E-state index contributed by atoms with van der Waals surface area (Å²) in [5, 5.41) is 2.89. The van der Waals surface area contributed by atoms with E-state index in [1.165, 1.54) is 0 Å². The Bertz CT molecular complexity index is 856. The summed E-state index contributed by atoms with van der Waals surface area (Å²) in [7, 11) is 0. The first-order valence-corrected chi connectivity index (χ1v) is 9.07. The van der Waals surface area contributed by atoms with Crippen LogP contribution >= 0.6 is 11.6 Å².